The Morgan fingerprint density at radius 2 is 1.96 bits per heavy atom. The van der Waals surface area contributed by atoms with Crippen molar-refractivity contribution in [1.29, 1.82) is 0 Å². The van der Waals surface area contributed by atoms with Crippen molar-refractivity contribution in [3.63, 3.8) is 0 Å². The van der Waals surface area contributed by atoms with Crippen molar-refractivity contribution in [2.24, 2.45) is 0 Å². The summed E-state index contributed by atoms with van der Waals surface area (Å²) in [6.07, 6.45) is 1.62. The zero-order valence-corrected chi connectivity index (χ0v) is 14.6. The molecule has 7 heteroatoms. The number of fused-ring (bicyclic) bond motifs is 1. The quantitative estimate of drug-likeness (QED) is 0.734. The van der Waals surface area contributed by atoms with E-state index >= 15 is 0 Å². The highest BCUT2D eigenvalue weighted by Gasteiger charge is 2.11. The van der Waals surface area contributed by atoms with Crippen molar-refractivity contribution in [2.45, 2.75) is 6.92 Å². The molecule has 2 N–H and O–H groups in total. The number of pyridine rings is 1. The average molecular weight is 355 g/mol. The predicted molar refractivity (Wildman–Crippen MR) is 97.6 cm³/mol. The first kappa shape index (κ1) is 17.5. The number of halogens is 1. The number of hydrogen-bond acceptors (Lipinski definition) is 4. The molecule has 0 aliphatic rings. The van der Waals surface area contributed by atoms with E-state index in [2.05, 4.69) is 15.6 Å². The van der Waals surface area contributed by atoms with Crippen LogP contribution in [-0.4, -0.2) is 25.2 Å². The lowest BCUT2D eigenvalue weighted by atomic mass is 10.1. The van der Waals surface area contributed by atoms with E-state index in [4.69, 9.17) is 9.47 Å². The Labute approximate surface area is 150 Å². The molecule has 0 radical (unpaired) electrons. The van der Waals surface area contributed by atoms with Gasteiger partial charge in [-0.05, 0) is 36.8 Å². The van der Waals surface area contributed by atoms with Crippen LogP contribution in [0.4, 0.5) is 14.9 Å². The smallest absolute Gasteiger partial charge is 0.319 e. The molecule has 26 heavy (non-hydrogen) atoms. The number of nitrogens with one attached hydrogen (secondary N) is 2. The van der Waals surface area contributed by atoms with Crippen LogP contribution < -0.4 is 20.1 Å². The molecule has 0 fully saturated rings. The van der Waals surface area contributed by atoms with E-state index in [-0.39, 0.29) is 5.69 Å². The summed E-state index contributed by atoms with van der Waals surface area (Å²) >= 11 is 0. The molecule has 0 unspecified atom stereocenters. The highest BCUT2D eigenvalue weighted by Crippen LogP contribution is 2.33. The summed E-state index contributed by atoms with van der Waals surface area (Å²) in [7, 11) is 3.06. The predicted octanol–water partition coefficient (Wildman–Crippen LogP) is 4.23. The summed E-state index contributed by atoms with van der Waals surface area (Å²) in [5.41, 5.74) is 1.72. The van der Waals surface area contributed by atoms with Crippen molar-refractivity contribution in [2.75, 3.05) is 19.5 Å². The number of hydrogen-bond donors (Lipinski definition) is 2. The fraction of sp³-hybridized carbons (Fsp3) is 0.158. The minimum atomic E-state index is -0.595. The van der Waals surface area contributed by atoms with Gasteiger partial charge in [0, 0.05) is 30.8 Å². The Balaban J connectivity index is 1.93. The molecular formula is C19H18FN3O3. The van der Waals surface area contributed by atoms with Crippen LogP contribution in [0, 0.1) is 12.7 Å². The molecule has 3 aromatic rings. The van der Waals surface area contributed by atoms with Gasteiger partial charge in [0.25, 0.3) is 0 Å². The average Bonchev–Trinajstić information content (AvgIpc) is 2.64. The number of aromatic nitrogens is 1. The second kappa shape index (κ2) is 7.26. The van der Waals surface area contributed by atoms with Gasteiger partial charge >= 0.3 is 6.03 Å². The summed E-state index contributed by atoms with van der Waals surface area (Å²) in [5.74, 6) is 0.998. The number of amides is 2. The van der Waals surface area contributed by atoms with E-state index in [1.54, 1.807) is 25.4 Å². The molecule has 0 spiro atoms. The largest absolute Gasteiger partial charge is 0.496 e. The zero-order valence-electron chi connectivity index (χ0n) is 14.6. The second-order valence-electron chi connectivity index (χ2n) is 5.60. The molecule has 0 atom stereocenters. The van der Waals surface area contributed by atoms with Crippen molar-refractivity contribution >= 4 is 22.6 Å². The molecule has 0 saturated carbocycles. The van der Waals surface area contributed by atoms with E-state index in [1.807, 2.05) is 19.1 Å². The highest BCUT2D eigenvalue weighted by molar-refractivity contribution is 5.89. The van der Waals surface area contributed by atoms with Gasteiger partial charge in [-0.15, -0.1) is 0 Å². The van der Waals surface area contributed by atoms with Gasteiger partial charge in [0.15, 0.2) is 0 Å². The van der Waals surface area contributed by atoms with Gasteiger partial charge in [-0.25, -0.2) is 9.18 Å². The standard InChI is InChI=1S/C19H18FN3O3/c1-11-8-13-16(10-18(11)25-3)22-7-6-17(13)26-12-4-5-15(14(20)9-12)23-19(24)21-2/h4-10H,1-3H3,(H2,21,23,24). The number of rotatable bonds is 4. The topological polar surface area (TPSA) is 72.5 Å². The van der Waals surface area contributed by atoms with Gasteiger partial charge in [0.05, 0.1) is 18.3 Å². The van der Waals surface area contributed by atoms with Gasteiger partial charge in [-0.1, -0.05) is 0 Å². The molecule has 2 aromatic carbocycles. The number of carbonyl (C=O) groups excluding carboxylic acids is 1. The van der Waals surface area contributed by atoms with Crippen LogP contribution in [0.2, 0.25) is 0 Å². The molecule has 0 bridgehead atoms. The second-order valence-corrected chi connectivity index (χ2v) is 5.60. The van der Waals surface area contributed by atoms with E-state index in [0.29, 0.717) is 17.0 Å². The number of aryl methyl sites for hydroxylation is 1. The minimum Gasteiger partial charge on any atom is -0.496 e. The number of methoxy groups -OCH3 is 1. The molecule has 6 nitrogen and oxygen atoms in total. The molecule has 0 aliphatic heterocycles. The summed E-state index contributed by atoms with van der Waals surface area (Å²) in [4.78, 5) is 15.6. The number of benzene rings is 2. The van der Waals surface area contributed by atoms with Gasteiger partial charge in [-0.2, -0.15) is 0 Å². The summed E-state index contributed by atoms with van der Waals surface area (Å²) < 4.78 is 25.3. The Kier molecular flexibility index (Phi) is 4.88. The molecular weight excluding hydrogens is 337 g/mol. The number of nitrogens with zero attached hydrogens (tertiary/aromatic N) is 1. The summed E-state index contributed by atoms with van der Waals surface area (Å²) in [5, 5.41) is 5.55. The van der Waals surface area contributed by atoms with E-state index < -0.39 is 11.8 Å². The van der Waals surface area contributed by atoms with Crippen LogP contribution >= 0.6 is 0 Å². The number of urea groups is 1. The number of ether oxygens (including phenoxy) is 2. The van der Waals surface area contributed by atoms with Crippen molar-refractivity contribution in [1.82, 2.24) is 10.3 Å². The lowest BCUT2D eigenvalue weighted by molar-refractivity contribution is 0.254. The third-order valence-electron chi connectivity index (χ3n) is 3.86. The normalized spacial score (nSPS) is 10.5. The first-order valence-electron chi connectivity index (χ1n) is 7.91. The molecule has 1 aromatic heterocycles. The van der Waals surface area contributed by atoms with Crippen molar-refractivity contribution in [3.8, 4) is 17.2 Å². The first-order valence-corrected chi connectivity index (χ1v) is 7.91. The molecule has 1 heterocycles. The van der Waals surface area contributed by atoms with Crippen LogP contribution in [0.1, 0.15) is 5.56 Å². The number of anilines is 1. The Morgan fingerprint density at radius 3 is 2.65 bits per heavy atom. The minimum absolute atomic E-state index is 0.0665. The van der Waals surface area contributed by atoms with Crippen LogP contribution in [-0.2, 0) is 0 Å². The summed E-state index contributed by atoms with van der Waals surface area (Å²) in [6.45, 7) is 1.92. The Morgan fingerprint density at radius 1 is 1.15 bits per heavy atom. The van der Waals surface area contributed by atoms with Crippen LogP contribution in [0.25, 0.3) is 10.9 Å². The fourth-order valence-electron chi connectivity index (χ4n) is 2.54. The Hall–Kier alpha value is -3.35. The van der Waals surface area contributed by atoms with Gasteiger partial charge in [0.2, 0.25) is 0 Å². The summed E-state index contributed by atoms with van der Waals surface area (Å²) in [6, 6.07) is 9.19. The van der Waals surface area contributed by atoms with E-state index in [1.165, 1.54) is 19.2 Å². The third-order valence-corrected chi connectivity index (χ3v) is 3.86. The van der Waals surface area contributed by atoms with Gasteiger partial charge < -0.3 is 20.1 Å². The molecule has 3 rings (SSSR count). The van der Waals surface area contributed by atoms with Gasteiger partial charge in [0.1, 0.15) is 23.1 Å². The van der Waals surface area contributed by atoms with Crippen LogP contribution in [0.15, 0.2) is 42.6 Å². The first-order chi connectivity index (χ1) is 12.5. The SMILES string of the molecule is CNC(=O)Nc1ccc(Oc2ccnc3cc(OC)c(C)cc23)cc1F. The van der Waals surface area contributed by atoms with E-state index in [9.17, 15) is 9.18 Å². The van der Waals surface area contributed by atoms with Crippen molar-refractivity contribution in [3.05, 3.63) is 54.0 Å². The monoisotopic (exact) mass is 355 g/mol. The molecule has 134 valence electrons. The van der Waals surface area contributed by atoms with Crippen LogP contribution in [0.3, 0.4) is 0 Å². The molecule has 0 saturated heterocycles. The maximum atomic E-state index is 14.2. The van der Waals surface area contributed by atoms with E-state index in [0.717, 1.165) is 16.7 Å². The fourth-order valence-corrected chi connectivity index (χ4v) is 2.54. The lowest BCUT2D eigenvalue weighted by Crippen LogP contribution is -2.24. The maximum absolute atomic E-state index is 14.2. The zero-order chi connectivity index (χ0) is 18.7. The Bertz CT molecular complexity index is 976. The molecule has 0 aliphatic carbocycles. The van der Waals surface area contributed by atoms with Gasteiger partial charge in [-0.3, -0.25) is 4.98 Å². The third kappa shape index (κ3) is 3.51. The number of carbonyl (C=O) groups is 1. The lowest BCUT2D eigenvalue weighted by Gasteiger charge is -2.12. The van der Waals surface area contributed by atoms with Crippen molar-refractivity contribution < 1.29 is 18.7 Å². The maximum Gasteiger partial charge on any atom is 0.319 e. The highest BCUT2D eigenvalue weighted by atomic mass is 19.1. The van der Waals surface area contributed by atoms with Crippen LogP contribution in [0.5, 0.6) is 17.2 Å². The molecule has 2 amide bonds.